The number of thiophene rings is 1. The zero-order chi connectivity index (χ0) is 20.3. The van der Waals surface area contributed by atoms with Gasteiger partial charge in [0.25, 0.3) is 5.91 Å². The number of sulfonamides is 1. The van der Waals surface area contributed by atoms with Gasteiger partial charge in [-0.2, -0.15) is 4.31 Å². The number of benzene rings is 1. The molecular weight excluding hydrogens is 418 g/mol. The summed E-state index contributed by atoms with van der Waals surface area (Å²) in [7, 11) is -3.66. The Morgan fingerprint density at radius 2 is 2.10 bits per heavy atom. The van der Waals surface area contributed by atoms with E-state index in [4.69, 9.17) is 9.57 Å². The first kappa shape index (κ1) is 19.8. The predicted molar refractivity (Wildman–Crippen MR) is 105 cm³/mol. The average molecular weight is 438 g/mol. The van der Waals surface area contributed by atoms with Crippen LogP contribution in [0.5, 0.6) is 0 Å². The monoisotopic (exact) mass is 437 g/mol. The number of hydrogen-bond donors (Lipinski definition) is 1. The molecule has 10 nitrogen and oxygen atoms in total. The Balaban J connectivity index is 1.46. The van der Waals surface area contributed by atoms with Gasteiger partial charge in [-0.1, -0.05) is 10.9 Å². The van der Waals surface area contributed by atoms with Gasteiger partial charge < -0.3 is 14.9 Å². The van der Waals surface area contributed by atoms with Crippen molar-refractivity contribution in [3.8, 4) is 0 Å². The number of hydrogen-bond acceptors (Lipinski definition) is 8. The molecule has 12 heteroatoms. The van der Waals surface area contributed by atoms with E-state index in [-0.39, 0.29) is 17.4 Å². The van der Waals surface area contributed by atoms with E-state index >= 15 is 0 Å². The third-order valence-electron chi connectivity index (χ3n) is 4.35. The highest BCUT2D eigenvalue weighted by Gasteiger charge is 2.27. The second-order valence-electron chi connectivity index (χ2n) is 6.26. The molecule has 1 aliphatic heterocycles. The minimum Gasteiger partial charge on any atom is -0.385 e. The summed E-state index contributed by atoms with van der Waals surface area (Å²) in [6, 6.07) is 8.33. The third-order valence-corrected chi connectivity index (χ3v) is 7.12. The number of carbonyl (C=O) groups excluding carboxylic acids is 1. The van der Waals surface area contributed by atoms with E-state index in [0.29, 0.717) is 43.9 Å². The van der Waals surface area contributed by atoms with Gasteiger partial charge in [0.1, 0.15) is 11.0 Å². The van der Waals surface area contributed by atoms with Crippen LogP contribution in [0.2, 0.25) is 0 Å². The molecule has 154 valence electrons. The van der Waals surface area contributed by atoms with Crippen molar-refractivity contribution in [3.63, 3.8) is 0 Å². The van der Waals surface area contributed by atoms with E-state index in [2.05, 4.69) is 15.6 Å². The van der Waals surface area contributed by atoms with E-state index in [1.165, 1.54) is 16.4 Å². The predicted octanol–water partition coefficient (Wildman–Crippen LogP) is 0.259. The van der Waals surface area contributed by atoms with Crippen LogP contribution >= 0.6 is 11.3 Å². The van der Waals surface area contributed by atoms with Gasteiger partial charge in [-0.05, 0) is 34.9 Å². The lowest BCUT2D eigenvalue weighted by atomic mass is 10.3. The normalized spacial score (nSPS) is 15.4. The van der Waals surface area contributed by atoms with Gasteiger partial charge >= 0.3 is 0 Å². The van der Waals surface area contributed by atoms with Gasteiger partial charge in [-0.3, -0.25) is 4.79 Å². The number of morpholine rings is 1. The van der Waals surface area contributed by atoms with Crippen LogP contribution in [0.15, 0.2) is 40.6 Å². The van der Waals surface area contributed by atoms with Crippen molar-refractivity contribution in [2.24, 2.45) is 0 Å². The maximum atomic E-state index is 12.8. The van der Waals surface area contributed by atoms with Gasteiger partial charge in [-0.25, -0.2) is 8.42 Å². The van der Waals surface area contributed by atoms with Crippen LogP contribution in [0.4, 0.5) is 0 Å². The molecule has 4 rings (SSSR count). The Hall–Kier alpha value is -2.54. The smallest absolute Gasteiger partial charge is 0.261 e. The van der Waals surface area contributed by atoms with E-state index in [1.54, 1.807) is 17.4 Å². The van der Waals surface area contributed by atoms with Crippen molar-refractivity contribution in [2.45, 2.75) is 11.4 Å². The van der Waals surface area contributed by atoms with Gasteiger partial charge in [-0.15, -0.1) is 16.4 Å². The molecule has 0 spiro atoms. The molecule has 0 aliphatic carbocycles. The summed E-state index contributed by atoms with van der Waals surface area (Å²) in [6.45, 7) is 1.48. The number of nitrogens with zero attached hydrogens (tertiary/aromatic N) is 4. The standard InChI is InChI=1S/C17H19N5O5S2/c23-17(18-11-13-2-1-9-28-13)12-27-22-16-10-14(3-4-15(16)19-20-22)29(24,25)21-5-7-26-8-6-21/h1-4,9-10H,5-8,11-12H2,(H,18,23). The molecule has 1 aromatic carbocycles. The lowest BCUT2D eigenvalue weighted by Crippen LogP contribution is -2.40. The minimum absolute atomic E-state index is 0.112. The molecule has 0 saturated carbocycles. The van der Waals surface area contributed by atoms with Crippen molar-refractivity contribution in [1.29, 1.82) is 0 Å². The number of aromatic nitrogens is 3. The molecule has 29 heavy (non-hydrogen) atoms. The Bertz CT molecular complexity index is 1090. The van der Waals surface area contributed by atoms with Crippen molar-refractivity contribution >= 4 is 38.3 Å². The van der Waals surface area contributed by atoms with Gasteiger partial charge in [0.05, 0.1) is 24.7 Å². The summed E-state index contributed by atoms with van der Waals surface area (Å²) in [4.78, 5) is 19.6. The number of nitrogens with one attached hydrogen (secondary N) is 1. The summed E-state index contributed by atoms with van der Waals surface area (Å²) < 4.78 is 32.3. The molecule has 1 aliphatic rings. The second kappa shape index (κ2) is 8.45. The molecule has 3 aromatic rings. The van der Waals surface area contributed by atoms with Crippen LogP contribution in [-0.2, 0) is 26.1 Å². The maximum Gasteiger partial charge on any atom is 0.261 e. The van der Waals surface area contributed by atoms with E-state index in [1.807, 2.05) is 17.5 Å². The summed E-state index contributed by atoms with van der Waals surface area (Å²) in [5.41, 5.74) is 0.829. The molecule has 1 fully saturated rings. The van der Waals surface area contributed by atoms with Crippen LogP contribution in [0.25, 0.3) is 11.0 Å². The van der Waals surface area contributed by atoms with Crippen molar-refractivity contribution in [1.82, 2.24) is 24.8 Å². The largest absolute Gasteiger partial charge is 0.385 e. The van der Waals surface area contributed by atoms with Crippen LogP contribution < -0.4 is 10.2 Å². The first-order valence-corrected chi connectivity index (χ1v) is 11.2. The molecule has 1 amide bonds. The summed E-state index contributed by atoms with van der Waals surface area (Å²) in [5, 5.41) is 12.5. The molecule has 0 unspecified atom stereocenters. The number of amides is 1. The highest BCUT2D eigenvalue weighted by atomic mass is 32.2. The first-order chi connectivity index (χ1) is 14.0. The topological polar surface area (TPSA) is 116 Å². The quantitative estimate of drug-likeness (QED) is 0.564. The SMILES string of the molecule is O=C(COn1nnc2ccc(S(=O)(=O)N3CCOCC3)cc21)NCc1cccs1. The highest BCUT2D eigenvalue weighted by molar-refractivity contribution is 7.89. The highest BCUT2D eigenvalue weighted by Crippen LogP contribution is 2.21. The lowest BCUT2D eigenvalue weighted by Gasteiger charge is -2.26. The Labute approximate surface area is 171 Å². The maximum absolute atomic E-state index is 12.8. The van der Waals surface area contributed by atoms with Crippen molar-refractivity contribution < 1.29 is 22.8 Å². The third kappa shape index (κ3) is 4.40. The molecule has 0 radical (unpaired) electrons. The second-order valence-corrected chi connectivity index (χ2v) is 9.23. The van der Waals surface area contributed by atoms with Crippen LogP contribution in [0.3, 0.4) is 0 Å². The molecule has 0 bridgehead atoms. The fourth-order valence-electron chi connectivity index (χ4n) is 2.84. The number of rotatable bonds is 7. The van der Waals surface area contributed by atoms with Crippen LogP contribution in [0.1, 0.15) is 4.88 Å². The van der Waals surface area contributed by atoms with Gasteiger partial charge in [0.2, 0.25) is 10.0 Å². The van der Waals surface area contributed by atoms with Gasteiger partial charge in [0, 0.05) is 18.0 Å². The molecule has 0 atom stereocenters. The summed E-state index contributed by atoms with van der Waals surface area (Å²) >= 11 is 1.55. The Morgan fingerprint density at radius 1 is 1.28 bits per heavy atom. The molecule has 1 N–H and O–H groups in total. The number of fused-ring (bicyclic) bond motifs is 1. The summed E-state index contributed by atoms with van der Waals surface area (Å²) in [6.07, 6.45) is 0. The van der Waals surface area contributed by atoms with Crippen molar-refractivity contribution in [2.75, 3.05) is 32.9 Å². The average Bonchev–Trinajstić information content (AvgIpc) is 3.40. The van der Waals surface area contributed by atoms with E-state index < -0.39 is 10.0 Å². The van der Waals surface area contributed by atoms with Gasteiger partial charge in [0.15, 0.2) is 6.61 Å². The summed E-state index contributed by atoms with van der Waals surface area (Å²) in [5.74, 6) is -0.320. The van der Waals surface area contributed by atoms with E-state index in [0.717, 1.165) is 9.72 Å². The van der Waals surface area contributed by atoms with Crippen molar-refractivity contribution in [3.05, 3.63) is 40.6 Å². The Kier molecular flexibility index (Phi) is 5.76. The number of ether oxygens (including phenoxy) is 1. The zero-order valence-electron chi connectivity index (χ0n) is 15.4. The first-order valence-electron chi connectivity index (χ1n) is 8.90. The fraction of sp³-hybridized carbons (Fsp3) is 0.353. The van der Waals surface area contributed by atoms with E-state index in [9.17, 15) is 13.2 Å². The fourth-order valence-corrected chi connectivity index (χ4v) is 4.91. The zero-order valence-corrected chi connectivity index (χ0v) is 17.0. The molecule has 1 saturated heterocycles. The molecule has 3 heterocycles. The Morgan fingerprint density at radius 3 is 2.86 bits per heavy atom. The minimum atomic E-state index is -3.66. The lowest BCUT2D eigenvalue weighted by molar-refractivity contribution is -0.126. The van der Waals surface area contributed by atoms with Crippen LogP contribution in [-0.4, -0.2) is 66.7 Å². The molecular formula is C17H19N5O5S2. The van der Waals surface area contributed by atoms with Crippen LogP contribution in [0, 0.1) is 0 Å². The molecule has 2 aromatic heterocycles. The number of carbonyl (C=O) groups is 1.